The van der Waals surface area contributed by atoms with Crippen LogP contribution >= 0.6 is 11.3 Å². The van der Waals surface area contributed by atoms with Crippen LogP contribution in [-0.4, -0.2) is 17.8 Å². The van der Waals surface area contributed by atoms with E-state index in [1.807, 2.05) is 0 Å². The Labute approximate surface area is 121 Å². The van der Waals surface area contributed by atoms with Gasteiger partial charge in [0.2, 0.25) is 0 Å². The van der Waals surface area contributed by atoms with Crippen molar-refractivity contribution in [2.45, 2.75) is 58.0 Å². The lowest BCUT2D eigenvalue weighted by Gasteiger charge is -2.39. The van der Waals surface area contributed by atoms with E-state index < -0.39 is 0 Å². The van der Waals surface area contributed by atoms with E-state index in [-0.39, 0.29) is 17.4 Å². The molecular formula is C16H27NOS. The average Bonchev–Trinajstić information content (AvgIpc) is 3.01. The van der Waals surface area contributed by atoms with Gasteiger partial charge in [-0.2, -0.15) is 0 Å². The molecule has 1 heterocycles. The van der Waals surface area contributed by atoms with Crippen molar-refractivity contribution in [3.05, 3.63) is 22.4 Å². The molecule has 2 unspecified atom stereocenters. The lowest BCUT2D eigenvalue weighted by molar-refractivity contribution is -0.00430. The molecule has 2 nitrogen and oxygen atoms in total. The fraction of sp³-hybridized carbons (Fsp3) is 0.750. The maximum absolute atomic E-state index is 11.0. The van der Waals surface area contributed by atoms with Gasteiger partial charge in [-0.05, 0) is 42.0 Å². The zero-order valence-corrected chi connectivity index (χ0v) is 13.0. The Morgan fingerprint density at radius 3 is 2.53 bits per heavy atom. The summed E-state index contributed by atoms with van der Waals surface area (Å²) in [6.07, 6.45) is 5.66. The number of aliphatic hydroxyl groups is 1. The summed E-state index contributed by atoms with van der Waals surface area (Å²) >= 11 is 1.72. The minimum Gasteiger partial charge on any atom is -0.392 e. The molecule has 0 bridgehead atoms. The first kappa shape index (κ1) is 15.0. The van der Waals surface area contributed by atoms with Crippen molar-refractivity contribution in [3.63, 3.8) is 0 Å². The highest BCUT2D eigenvalue weighted by atomic mass is 32.1. The average molecular weight is 281 g/mol. The third-order valence-electron chi connectivity index (χ3n) is 4.59. The van der Waals surface area contributed by atoms with Gasteiger partial charge in [0.1, 0.15) is 0 Å². The van der Waals surface area contributed by atoms with Crippen LogP contribution in [0.2, 0.25) is 0 Å². The molecule has 0 radical (unpaired) electrons. The molecule has 2 rings (SSSR count). The summed E-state index contributed by atoms with van der Waals surface area (Å²) in [5.41, 5.74) is 6.07. The van der Waals surface area contributed by atoms with Gasteiger partial charge in [-0.15, -0.1) is 11.3 Å². The predicted molar refractivity (Wildman–Crippen MR) is 82.5 cm³/mol. The Morgan fingerprint density at radius 1 is 1.37 bits per heavy atom. The second-order valence-corrected chi connectivity index (χ2v) is 7.45. The van der Waals surface area contributed by atoms with Crippen LogP contribution in [0.1, 0.15) is 56.7 Å². The zero-order chi connectivity index (χ0) is 13.9. The normalized spacial score (nSPS) is 21.7. The van der Waals surface area contributed by atoms with Crippen molar-refractivity contribution in [2.24, 2.45) is 17.1 Å². The molecule has 0 aromatic carbocycles. The third-order valence-corrected chi connectivity index (χ3v) is 5.59. The Morgan fingerprint density at radius 2 is 2.05 bits per heavy atom. The first-order valence-electron chi connectivity index (χ1n) is 7.50. The SMILES string of the molecule is CC(C)CC1(C(O)C(CN)c2cccs2)CCCC1. The van der Waals surface area contributed by atoms with Crippen LogP contribution in [0.4, 0.5) is 0 Å². The predicted octanol–water partition coefficient (Wildman–Crippen LogP) is 3.76. The van der Waals surface area contributed by atoms with Gasteiger partial charge in [0.25, 0.3) is 0 Å². The van der Waals surface area contributed by atoms with Gasteiger partial charge in [0.15, 0.2) is 0 Å². The summed E-state index contributed by atoms with van der Waals surface area (Å²) in [5, 5.41) is 13.1. The summed E-state index contributed by atoms with van der Waals surface area (Å²) in [6, 6.07) is 4.17. The molecule has 3 N–H and O–H groups in total. The lowest BCUT2D eigenvalue weighted by Crippen LogP contribution is -2.41. The first-order chi connectivity index (χ1) is 9.09. The van der Waals surface area contributed by atoms with E-state index in [2.05, 4.69) is 31.4 Å². The van der Waals surface area contributed by atoms with Gasteiger partial charge in [-0.25, -0.2) is 0 Å². The van der Waals surface area contributed by atoms with Gasteiger partial charge < -0.3 is 10.8 Å². The molecule has 1 saturated carbocycles. The monoisotopic (exact) mass is 281 g/mol. The number of hydrogen-bond donors (Lipinski definition) is 2. The Bertz CT molecular complexity index is 368. The van der Waals surface area contributed by atoms with E-state index in [4.69, 9.17) is 5.73 Å². The fourth-order valence-electron chi connectivity index (χ4n) is 3.84. The smallest absolute Gasteiger partial charge is 0.0685 e. The summed E-state index contributed by atoms with van der Waals surface area (Å²) in [6.45, 7) is 5.06. The molecular weight excluding hydrogens is 254 g/mol. The van der Waals surface area contributed by atoms with Crippen LogP contribution < -0.4 is 5.73 Å². The molecule has 0 saturated heterocycles. The van der Waals surface area contributed by atoms with Crippen LogP contribution in [0.3, 0.4) is 0 Å². The molecule has 19 heavy (non-hydrogen) atoms. The largest absolute Gasteiger partial charge is 0.392 e. The number of aliphatic hydroxyl groups excluding tert-OH is 1. The first-order valence-corrected chi connectivity index (χ1v) is 8.38. The molecule has 0 amide bonds. The van der Waals surface area contributed by atoms with Crippen LogP contribution in [-0.2, 0) is 0 Å². The molecule has 0 aliphatic heterocycles. The molecule has 1 fully saturated rings. The van der Waals surface area contributed by atoms with Gasteiger partial charge >= 0.3 is 0 Å². The summed E-state index contributed by atoms with van der Waals surface area (Å²) in [7, 11) is 0. The maximum atomic E-state index is 11.0. The Hall–Kier alpha value is -0.380. The second kappa shape index (κ2) is 6.38. The van der Waals surface area contributed by atoms with Crippen molar-refractivity contribution in [2.75, 3.05) is 6.54 Å². The summed E-state index contributed by atoms with van der Waals surface area (Å²) in [4.78, 5) is 1.24. The van der Waals surface area contributed by atoms with Crippen LogP contribution in [0.25, 0.3) is 0 Å². The molecule has 1 aromatic heterocycles. The van der Waals surface area contributed by atoms with E-state index in [0.717, 1.165) is 19.3 Å². The topological polar surface area (TPSA) is 46.2 Å². The minimum atomic E-state index is -0.291. The van der Waals surface area contributed by atoms with E-state index in [9.17, 15) is 5.11 Å². The van der Waals surface area contributed by atoms with Crippen molar-refractivity contribution < 1.29 is 5.11 Å². The van der Waals surface area contributed by atoms with Crippen LogP contribution in [0.5, 0.6) is 0 Å². The zero-order valence-electron chi connectivity index (χ0n) is 12.1. The van der Waals surface area contributed by atoms with Gasteiger partial charge in [0.05, 0.1) is 6.10 Å². The van der Waals surface area contributed by atoms with E-state index in [1.165, 1.54) is 17.7 Å². The van der Waals surface area contributed by atoms with Crippen LogP contribution in [0.15, 0.2) is 17.5 Å². The number of thiophene rings is 1. The quantitative estimate of drug-likeness (QED) is 0.834. The summed E-state index contributed by atoms with van der Waals surface area (Å²) < 4.78 is 0. The van der Waals surface area contributed by atoms with Crippen molar-refractivity contribution in [1.82, 2.24) is 0 Å². The third kappa shape index (κ3) is 3.21. The van der Waals surface area contributed by atoms with Gasteiger partial charge in [-0.3, -0.25) is 0 Å². The molecule has 1 aromatic rings. The van der Waals surface area contributed by atoms with E-state index >= 15 is 0 Å². The Kier molecular flexibility index (Phi) is 5.04. The van der Waals surface area contributed by atoms with Gasteiger partial charge in [-0.1, -0.05) is 32.8 Å². The standard InChI is InChI=1S/C16H27NOS/c1-12(2)10-16(7-3-4-8-16)15(18)13(11-17)14-6-5-9-19-14/h5-6,9,12-13,15,18H,3-4,7-8,10-11,17H2,1-2H3. The van der Waals surface area contributed by atoms with E-state index in [0.29, 0.717) is 12.5 Å². The highest BCUT2D eigenvalue weighted by Gasteiger charge is 2.44. The summed E-state index contributed by atoms with van der Waals surface area (Å²) in [5.74, 6) is 0.742. The molecule has 108 valence electrons. The van der Waals surface area contributed by atoms with Gasteiger partial charge in [0, 0.05) is 17.3 Å². The number of hydrogen-bond acceptors (Lipinski definition) is 3. The van der Waals surface area contributed by atoms with Crippen LogP contribution in [0, 0.1) is 11.3 Å². The van der Waals surface area contributed by atoms with Crippen molar-refractivity contribution in [1.29, 1.82) is 0 Å². The maximum Gasteiger partial charge on any atom is 0.0685 e. The van der Waals surface area contributed by atoms with Crippen molar-refractivity contribution >= 4 is 11.3 Å². The molecule has 1 aliphatic rings. The van der Waals surface area contributed by atoms with Crippen molar-refractivity contribution in [3.8, 4) is 0 Å². The second-order valence-electron chi connectivity index (χ2n) is 6.47. The lowest BCUT2D eigenvalue weighted by atomic mass is 9.70. The highest BCUT2D eigenvalue weighted by molar-refractivity contribution is 7.10. The van der Waals surface area contributed by atoms with E-state index in [1.54, 1.807) is 11.3 Å². The highest BCUT2D eigenvalue weighted by Crippen LogP contribution is 2.49. The molecule has 3 heteroatoms. The molecule has 2 atom stereocenters. The Balaban J connectivity index is 2.20. The molecule has 1 aliphatic carbocycles. The minimum absolute atomic E-state index is 0.0994. The molecule has 0 spiro atoms. The number of nitrogens with two attached hydrogens (primary N) is 1. The number of rotatable bonds is 6. The fourth-order valence-corrected chi connectivity index (χ4v) is 4.71.